The van der Waals surface area contributed by atoms with Crippen molar-refractivity contribution in [2.24, 2.45) is 0 Å². The lowest BCUT2D eigenvalue weighted by molar-refractivity contribution is 0.597. The van der Waals surface area contributed by atoms with E-state index in [2.05, 4.69) is 4.98 Å². The molecule has 4 aromatic rings. The van der Waals surface area contributed by atoms with Crippen LogP contribution in [0.5, 0.6) is 0 Å². The van der Waals surface area contributed by atoms with E-state index in [1.54, 1.807) is 36.8 Å². The summed E-state index contributed by atoms with van der Waals surface area (Å²) in [6, 6.07) is 18.0. The Morgan fingerprint density at radius 3 is 2.52 bits per heavy atom. The van der Waals surface area contributed by atoms with Crippen LogP contribution in [0, 0.1) is 5.82 Å². The molecular formula is C21H15FN2O. The maximum Gasteiger partial charge on any atom is 0.258 e. The van der Waals surface area contributed by atoms with Crippen LogP contribution < -0.4 is 5.56 Å². The zero-order valence-electron chi connectivity index (χ0n) is 13.4. The molecule has 2 heterocycles. The van der Waals surface area contributed by atoms with Crippen LogP contribution >= 0.6 is 0 Å². The summed E-state index contributed by atoms with van der Waals surface area (Å²) in [5, 5.41) is 1.49. The minimum atomic E-state index is -0.303. The molecule has 0 unspecified atom stereocenters. The number of hydrogen-bond donors (Lipinski definition) is 0. The number of hydrogen-bond acceptors (Lipinski definition) is 2. The predicted octanol–water partition coefficient (Wildman–Crippen LogP) is 4.25. The number of nitrogens with zero attached hydrogens (tertiary/aromatic N) is 2. The van der Waals surface area contributed by atoms with Crippen LogP contribution in [0.25, 0.3) is 21.9 Å². The van der Waals surface area contributed by atoms with Crippen LogP contribution in [0.4, 0.5) is 4.39 Å². The van der Waals surface area contributed by atoms with Crippen molar-refractivity contribution in [1.29, 1.82) is 0 Å². The Bertz CT molecular complexity index is 1100. The molecule has 122 valence electrons. The zero-order chi connectivity index (χ0) is 17.2. The first-order chi connectivity index (χ1) is 12.2. The van der Waals surface area contributed by atoms with Gasteiger partial charge in [0.25, 0.3) is 5.56 Å². The van der Waals surface area contributed by atoms with E-state index in [0.29, 0.717) is 10.9 Å². The second kappa shape index (κ2) is 6.32. The summed E-state index contributed by atoms with van der Waals surface area (Å²) < 4.78 is 15.4. The number of pyridine rings is 2. The second-order valence-electron chi connectivity index (χ2n) is 5.88. The Hall–Kier alpha value is -3.27. The van der Waals surface area contributed by atoms with Crippen LogP contribution in [0.15, 0.2) is 84.0 Å². The minimum Gasteiger partial charge on any atom is -0.310 e. The average molecular weight is 330 g/mol. The summed E-state index contributed by atoms with van der Waals surface area (Å²) >= 11 is 0. The van der Waals surface area contributed by atoms with Crippen molar-refractivity contribution >= 4 is 10.8 Å². The van der Waals surface area contributed by atoms with Gasteiger partial charge in [-0.2, -0.15) is 0 Å². The first-order valence-electron chi connectivity index (χ1n) is 7.99. The standard InChI is InChI=1S/C21H15FN2O/c22-20-4-2-1-3-18(20)14-24-12-9-17-13-16(5-6-19(17)21(24)25)15-7-10-23-11-8-15/h1-13H,14H2. The Morgan fingerprint density at radius 1 is 0.920 bits per heavy atom. The molecule has 0 fully saturated rings. The van der Waals surface area contributed by atoms with Gasteiger partial charge in [0.1, 0.15) is 5.82 Å². The molecule has 2 aromatic carbocycles. The van der Waals surface area contributed by atoms with Gasteiger partial charge in [-0.1, -0.05) is 24.3 Å². The van der Waals surface area contributed by atoms with E-state index in [1.807, 2.05) is 36.4 Å². The van der Waals surface area contributed by atoms with Gasteiger partial charge < -0.3 is 4.57 Å². The lowest BCUT2D eigenvalue weighted by atomic mass is 10.0. The van der Waals surface area contributed by atoms with E-state index >= 15 is 0 Å². The van der Waals surface area contributed by atoms with Crippen molar-refractivity contribution in [3.8, 4) is 11.1 Å². The van der Waals surface area contributed by atoms with Crippen LogP contribution in [-0.2, 0) is 6.54 Å². The first kappa shape index (κ1) is 15.3. The molecule has 0 radical (unpaired) electrons. The fourth-order valence-corrected chi connectivity index (χ4v) is 2.95. The van der Waals surface area contributed by atoms with E-state index in [9.17, 15) is 9.18 Å². The van der Waals surface area contributed by atoms with Gasteiger partial charge in [-0.3, -0.25) is 9.78 Å². The van der Waals surface area contributed by atoms with E-state index in [-0.39, 0.29) is 17.9 Å². The minimum absolute atomic E-state index is 0.123. The molecule has 4 rings (SSSR count). The van der Waals surface area contributed by atoms with Gasteiger partial charge in [0.2, 0.25) is 0 Å². The van der Waals surface area contributed by atoms with E-state index in [0.717, 1.165) is 16.5 Å². The lowest BCUT2D eigenvalue weighted by Gasteiger charge is -2.09. The molecule has 0 spiro atoms. The van der Waals surface area contributed by atoms with Crippen LogP contribution in [0.3, 0.4) is 0 Å². The first-order valence-corrected chi connectivity index (χ1v) is 7.99. The van der Waals surface area contributed by atoms with Crippen LogP contribution in [-0.4, -0.2) is 9.55 Å². The highest BCUT2D eigenvalue weighted by molar-refractivity contribution is 5.86. The SMILES string of the molecule is O=c1c2ccc(-c3ccncc3)cc2ccn1Cc1ccccc1F. The fraction of sp³-hybridized carbons (Fsp3) is 0.0476. The smallest absolute Gasteiger partial charge is 0.258 e. The fourth-order valence-electron chi connectivity index (χ4n) is 2.95. The van der Waals surface area contributed by atoms with E-state index < -0.39 is 0 Å². The molecule has 0 atom stereocenters. The summed E-state index contributed by atoms with van der Waals surface area (Å²) in [7, 11) is 0. The normalized spacial score (nSPS) is 10.9. The van der Waals surface area contributed by atoms with Crippen molar-refractivity contribution in [1.82, 2.24) is 9.55 Å². The van der Waals surface area contributed by atoms with Gasteiger partial charge >= 0.3 is 0 Å². The molecule has 4 heteroatoms. The summed E-state index contributed by atoms with van der Waals surface area (Å²) in [6.07, 6.45) is 5.20. The third kappa shape index (κ3) is 2.94. The maximum atomic E-state index is 13.8. The molecule has 25 heavy (non-hydrogen) atoms. The summed E-state index contributed by atoms with van der Waals surface area (Å²) in [5.74, 6) is -0.303. The summed E-state index contributed by atoms with van der Waals surface area (Å²) in [4.78, 5) is 16.7. The topological polar surface area (TPSA) is 34.9 Å². The van der Waals surface area contributed by atoms with Gasteiger partial charge in [-0.25, -0.2) is 4.39 Å². The predicted molar refractivity (Wildman–Crippen MR) is 96.9 cm³/mol. The van der Waals surface area contributed by atoms with Crippen molar-refractivity contribution in [3.63, 3.8) is 0 Å². The van der Waals surface area contributed by atoms with Gasteiger partial charge in [0, 0.05) is 29.5 Å². The van der Waals surface area contributed by atoms with Crippen LogP contribution in [0.1, 0.15) is 5.56 Å². The summed E-state index contributed by atoms with van der Waals surface area (Å²) in [5.41, 5.74) is 2.45. The Kier molecular flexibility index (Phi) is 3.86. The molecule has 0 saturated carbocycles. The third-order valence-corrected chi connectivity index (χ3v) is 4.29. The Balaban J connectivity index is 1.76. The average Bonchev–Trinajstić information content (AvgIpc) is 2.66. The second-order valence-corrected chi connectivity index (χ2v) is 5.88. The third-order valence-electron chi connectivity index (χ3n) is 4.29. The molecule has 0 saturated heterocycles. The molecule has 0 N–H and O–H groups in total. The molecular weight excluding hydrogens is 315 g/mol. The highest BCUT2D eigenvalue weighted by Gasteiger charge is 2.07. The Morgan fingerprint density at radius 2 is 1.72 bits per heavy atom. The van der Waals surface area contributed by atoms with Gasteiger partial charge in [0.05, 0.1) is 6.54 Å². The lowest BCUT2D eigenvalue weighted by Crippen LogP contribution is -2.20. The molecule has 3 nitrogen and oxygen atoms in total. The molecule has 0 aliphatic rings. The number of halogens is 1. The molecule has 2 aromatic heterocycles. The van der Waals surface area contributed by atoms with Crippen molar-refractivity contribution in [2.75, 3.05) is 0 Å². The Labute approximate surface area is 144 Å². The largest absolute Gasteiger partial charge is 0.310 e. The highest BCUT2D eigenvalue weighted by atomic mass is 19.1. The zero-order valence-corrected chi connectivity index (χ0v) is 13.4. The molecule has 0 bridgehead atoms. The highest BCUT2D eigenvalue weighted by Crippen LogP contribution is 2.22. The summed E-state index contributed by atoms with van der Waals surface area (Å²) in [6.45, 7) is 0.216. The van der Waals surface area contributed by atoms with Crippen molar-refractivity contribution < 1.29 is 4.39 Å². The van der Waals surface area contributed by atoms with Gasteiger partial charge in [-0.05, 0) is 52.9 Å². The van der Waals surface area contributed by atoms with E-state index in [4.69, 9.17) is 0 Å². The maximum absolute atomic E-state index is 13.8. The molecule has 0 aliphatic heterocycles. The van der Waals surface area contributed by atoms with Crippen LogP contribution in [0.2, 0.25) is 0 Å². The quantitative estimate of drug-likeness (QED) is 0.563. The molecule has 0 aliphatic carbocycles. The molecule has 0 amide bonds. The number of rotatable bonds is 3. The van der Waals surface area contributed by atoms with Gasteiger partial charge in [0.15, 0.2) is 0 Å². The van der Waals surface area contributed by atoms with Crippen molar-refractivity contribution in [2.45, 2.75) is 6.54 Å². The number of benzene rings is 2. The number of aromatic nitrogens is 2. The monoisotopic (exact) mass is 330 g/mol. The van der Waals surface area contributed by atoms with E-state index in [1.165, 1.54) is 10.6 Å². The van der Waals surface area contributed by atoms with Gasteiger partial charge in [-0.15, -0.1) is 0 Å². The number of fused-ring (bicyclic) bond motifs is 1. The van der Waals surface area contributed by atoms with Crippen molar-refractivity contribution in [3.05, 3.63) is 101 Å².